The van der Waals surface area contributed by atoms with Crippen molar-refractivity contribution in [1.82, 2.24) is 25.0 Å². The molecule has 2 aliphatic heterocycles. The molecule has 1 fully saturated rings. The van der Waals surface area contributed by atoms with Crippen LogP contribution in [0.4, 0.5) is 10.6 Å². The van der Waals surface area contributed by atoms with Crippen molar-refractivity contribution in [2.24, 2.45) is 0 Å². The average Bonchev–Trinajstić information content (AvgIpc) is 3.46. The van der Waals surface area contributed by atoms with Gasteiger partial charge in [0.1, 0.15) is 5.82 Å². The number of likely N-dealkylation sites (tertiary alicyclic amines) is 1. The number of hydrogen-bond donors (Lipinski definition) is 2. The zero-order valence-electron chi connectivity index (χ0n) is 17.1. The van der Waals surface area contributed by atoms with Crippen LogP contribution in [0.1, 0.15) is 25.5 Å². The molecule has 1 atom stereocenters. The van der Waals surface area contributed by atoms with Crippen molar-refractivity contribution in [3.8, 4) is 22.4 Å². The van der Waals surface area contributed by atoms with Gasteiger partial charge in [-0.2, -0.15) is 5.10 Å². The van der Waals surface area contributed by atoms with Gasteiger partial charge in [0.25, 0.3) is 0 Å². The minimum absolute atomic E-state index is 0.000170. The number of carbonyl (C=O) groups is 1. The van der Waals surface area contributed by atoms with E-state index in [2.05, 4.69) is 27.1 Å². The summed E-state index contributed by atoms with van der Waals surface area (Å²) in [5.41, 5.74) is 11.2. The van der Waals surface area contributed by atoms with Crippen LogP contribution in [-0.4, -0.2) is 45.3 Å². The summed E-state index contributed by atoms with van der Waals surface area (Å²) in [6.07, 6.45) is 3.80. The monoisotopic (exact) mass is 402 g/mol. The highest BCUT2D eigenvalue weighted by atomic mass is 16.2. The Morgan fingerprint density at radius 1 is 1.17 bits per heavy atom. The maximum atomic E-state index is 12.3. The second-order valence-electron chi connectivity index (χ2n) is 8.20. The molecule has 1 spiro atoms. The van der Waals surface area contributed by atoms with Crippen LogP contribution in [-0.2, 0) is 12.0 Å². The first-order valence-electron chi connectivity index (χ1n) is 10.5. The van der Waals surface area contributed by atoms with E-state index in [0.717, 1.165) is 54.9 Å². The second kappa shape index (κ2) is 7.16. The molecule has 2 aliphatic rings. The molecule has 30 heavy (non-hydrogen) atoms. The Morgan fingerprint density at radius 2 is 1.97 bits per heavy atom. The summed E-state index contributed by atoms with van der Waals surface area (Å²) in [6.45, 7) is 5.02. The number of nitrogens with two attached hydrogens (primary N) is 1. The number of carbonyl (C=O) groups excluding carboxylic acids is 1. The van der Waals surface area contributed by atoms with E-state index in [1.54, 1.807) is 6.20 Å². The van der Waals surface area contributed by atoms with Crippen LogP contribution < -0.4 is 11.1 Å². The molecule has 3 N–H and O–H groups in total. The molecule has 154 valence electrons. The molecule has 0 radical (unpaired) electrons. The van der Waals surface area contributed by atoms with Crippen molar-refractivity contribution in [3.63, 3.8) is 0 Å². The number of aromatic nitrogens is 3. The van der Waals surface area contributed by atoms with Crippen LogP contribution in [0.15, 0.2) is 48.7 Å². The fraction of sp³-hybridized carbons (Fsp3) is 0.348. The molecular weight excluding hydrogens is 376 g/mol. The molecule has 0 aliphatic carbocycles. The highest BCUT2D eigenvalue weighted by Gasteiger charge is 2.46. The first kappa shape index (κ1) is 18.7. The first-order chi connectivity index (χ1) is 14.6. The summed E-state index contributed by atoms with van der Waals surface area (Å²) >= 11 is 0. The number of urea groups is 1. The summed E-state index contributed by atoms with van der Waals surface area (Å²) in [6, 6.07) is 14.3. The highest BCUT2D eigenvalue weighted by Crippen LogP contribution is 2.44. The summed E-state index contributed by atoms with van der Waals surface area (Å²) in [4.78, 5) is 18.7. The Kier molecular flexibility index (Phi) is 4.46. The third-order valence-corrected chi connectivity index (χ3v) is 6.39. The van der Waals surface area contributed by atoms with Gasteiger partial charge in [-0.15, -0.1) is 0 Å². The number of fused-ring (bicyclic) bond motifs is 2. The summed E-state index contributed by atoms with van der Waals surface area (Å²) in [5.74, 6) is 0.515. The maximum absolute atomic E-state index is 12.3. The van der Waals surface area contributed by atoms with E-state index in [-0.39, 0.29) is 11.4 Å². The molecule has 1 saturated heterocycles. The number of nitrogen functional groups attached to an aromatic ring is 1. The third-order valence-electron chi connectivity index (χ3n) is 6.39. The van der Waals surface area contributed by atoms with Gasteiger partial charge in [0.2, 0.25) is 0 Å². The number of anilines is 1. The quantitative estimate of drug-likeness (QED) is 0.704. The summed E-state index contributed by atoms with van der Waals surface area (Å²) < 4.78 is 2.11. The number of benzene rings is 1. The number of aryl methyl sites for hydroxylation is 1. The van der Waals surface area contributed by atoms with Gasteiger partial charge in [0.05, 0.1) is 5.69 Å². The molecule has 5 rings (SSSR count). The fourth-order valence-corrected chi connectivity index (χ4v) is 4.79. The molecule has 0 saturated carbocycles. The molecule has 1 aromatic carbocycles. The summed E-state index contributed by atoms with van der Waals surface area (Å²) in [5, 5.41) is 7.79. The molecular formula is C23H26N6O. The Morgan fingerprint density at radius 3 is 2.77 bits per heavy atom. The van der Waals surface area contributed by atoms with E-state index < -0.39 is 0 Å². The fourth-order valence-electron chi connectivity index (χ4n) is 4.79. The lowest BCUT2D eigenvalue weighted by Crippen LogP contribution is -2.40. The SMILES string of the molecule is CCNC(=O)N1CC[C@@]2(CCn3nc(-c4cnc(N)c(-c5ccccc5)c4)cc32)C1. The molecule has 4 heterocycles. The zero-order valence-corrected chi connectivity index (χ0v) is 17.1. The molecule has 2 amide bonds. The van der Waals surface area contributed by atoms with Crippen LogP contribution in [0.3, 0.4) is 0 Å². The van der Waals surface area contributed by atoms with E-state index in [0.29, 0.717) is 12.4 Å². The largest absolute Gasteiger partial charge is 0.383 e. The van der Waals surface area contributed by atoms with Crippen LogP contribution in [0.5, 0.6) is 0 Å². The predicted molar refractivity (Wildman–Crippen MR) is 117 cm³/mol. The molecule has 7 heteroatoms. The van der Waals surface area contributed by atoms with E-state index >= 15 is 0 Å². The smallest absolute Gasteiger partial charge is 0.317 e. The predicted octanol–water partition coefficient (Wildman–Crippen LogP) is 3.27. The molecule has 0 unspecified atom stereocenters. The van der Waals surface area contributed by atoms with Crippen molar-refractivity contribution in [2.75, 3.05) is 25.4 Å². The number of amides is 2. The van der Waals surface area contributed by atoms with Gasteiger partial charge in [0.15, 0.2) is 0 Å². The van der Waals surface area contributed by atoms with Crippen molar-refractivity contribution in [3.05, 3.63) is 54.4 Å². The van der Waals surface area contributed by atoms with Crippen LogP contribution in [0, 0.1) is 0 Å². The Balaban J connectivity index is 1.46. The number of pyridine rings is 1. The standard InChI is InChI=1S/C23H26N6O/c1-2-25-22(30)28-10-8-23(15-28)9-11-29-20(23)13-19(27-29)17-12-18(21(24)26-14-17)16-6-4-3-5-7-16/h3-7,12-14H,2,8-11,15H2,1H3,(H2,24,26)(H,25,30)/t23-/m1/s1. The van der Waals surface area contributed by atoms with Crippen molar-refractivity contribution < 1.29 is 4.79 Å². The van der Waals surface area contributed by atoms with Crippen molar-refractivity contribution in [2.45, 2.75) is 31.7 Å². The minimum atomic E-state index is -0.000170. The molecule has 2 aromatic heterocycles. The zero-order chi connectivity index (χ0) is 20.7. The van der Waals surface area contributed by atoms with E-state index in [1.165, 1.54) is 5.69 Å². The van der Waals surface area contributed by atoms with Gasteiger partial charge >= 0.3 is 6.03 Å². The maximum Gasteiger partial charge on any atom is 0.317 e. The Bertz CT molecular complexity index is 1090. The Hall–Kier alpha value is -3.35. The second-order valence-corrected chi connectivity index (χ2v) is 8.20. The van der Waals surface area contributed by atoms with E-state index in [9.17, 15) is 4.79 Å². The normalized spacial score (nSPS) is 20.0. The lowest BCUT2D eigenvalue weighted by atomic mass is 9.82. The van der Waals surface area contributed by atoms with Crippen LogP contribution >= 0.6 is 0 Å². The van der Waals surface area contributed by atoms with Gasteiger partial charge in [-0.3, -0.25) is 4.68 Å². The molecule has 7 nitrogen and oxygen atoms in total. The molecule has 0 bridgehead atoms. The third kappa shape index (κ3) is 3.01. The van der Waals surface area contributed by atoms with Gasteiger partial charge in [0, 0.05) is 54.6 Å². The van der Waals surface area contributed by atoms with Crippen LogP contribution in [0.25, 0.3) is 22.4 Å². The topological polar surface area (TPSA) is 89.1 Å². The summed E-state index contributed by atoms with van der Waals surface area (Å²) in [7, 11) is 0. The van der Waals surface area contributed by atoms with E-state index in [1.807, 2.05) is 42.2 Å². The van der Waals surface area contributed by atoms with Crippen LogP contribution in [0.2, 0.25) is 0 Å². The molecule has 3 aromatic rings. The van der Waals surface area contributed by atoms with Crippen molar-refractivity contribution >= 4 is 11.8 Å². The van der Waals surface area contributed by atoms with Gasteiger partial charge in [-0.25, -0.2) is 9.78 Å². The number of rotatable bonds is 3. The first-order valence-corrected chi connectivity index (χ1v) is 10.5. The minimum Gasteiger partial charge on any atom is -0.383 e. The van der Waals surface area contributed by atoms with Gasteiger partial charge in [-0.1, -0.05) is 30.3 Å². The lowest BCUT2D eigenvalue weighted by molar-refractivity contribution is 0.206. The van der Waals surface area contributed by atoms with Gasteiger partial charge in [-0.05, 0) is 37.5 Å². The number of nitrogens with zero attached hydrogens (tertiary/aromatic N) is 4. The highest BCUT2D eigenvalue weighted by molar-refractivity contribution is 5.78. The Labute approximate surface area is 175 Å². The van der Waals surface area contributed by atoms with Gasteiger partial charge < -0.3 is 16.0 Å². The van der Waals surface area contributed by atoms with Crippen molar-refractivity contribution in [1.29, 1.82) is 0 Å². The lowest BCUT2D eigenvalue weighted by Gasteiger charge is -2.23. The number of nitrogens with one attached hydrogen (secondary N) is 1. The van der Waals surface area contributed by atoms with E-state index in [4.69, 9.17) is 10.8 Å². The average molecular weight is 403 g/mol. The number of hydrogen-bond acceptors (Lipinski definition) is 4.